The molecule has 0 atom stereocenters. The van der Waals surface area contributed by atoms with Crippen molar-refractivity contribution >= 4 is 30.7 Å². The second-order valence-electron chi connectivity index (χ2n) is 4.61. The quantitative estimate of drug-likeness (QED) is 0.844. The van der Waals surface area contributed by atoms with Crippen molar-refractivity contribution in [2.45, 2.75) is 6.54 Å². The maximum absolute atomic E-state index is 11.9. The van der Waals surface area contributed by atoms with Crippen LogP contribution in [0.1, 0.15) is 5.56 Å². The fourth-order valence-corrected chi connectivity index (χ4v) is 2.17. The second-order valence-corrected chi connectivity index (χ2v) is 4.61. The van der Waals surface area contributed by atoms with Crippen LogP contribution in [0.15, 0.2) is 24.3 Å². The molecule has 1 aliphatic heterocycles. The summed E-state index contributed by atoms with van der Waals surface area (Å²) in [5.41, 5.74) is 0.999. The Hall–Kier alpha value is -1.01. The zero-order valence-corrected chi connectivity index (χ0v) is 13.8. The van der Waals surface area contributed by atoms with Crippen molar-refractivity contribution in [2.75, 3.05) is 39.8 Å². The summed E-state index contributed by atoms with van der Waals surface area (Å²) >= 11 is 0. The first kappa shape index (κ1) is 20.0. The summed E-state index contributed by atoms with van der Waals surface area (Å²) in [6.45, 7) is 4.76. The molecule has 0 aromatic heterocycles. The molecular formula is C14H23Cl2N3O2. The van der Waals surface area contributed by atoms with Crippen molar-refractivity contribution in [3.63, 3.8) is 0 Å². The Balaban J connectivity index is 0.00000200. The Bertz CT molecular complexity index is 426. The predicted octanol–water partition coefficient (Wildman–Crippen LogP) is 1.06. The molecule has 2 rings (SSSR count). The number of halogens is 2. The van der Waals surface area contributed by atoms with Crippen LogP contribution < -0.4 is 15.4 Å². The topological polar surface area (TPSA) is 53.6 Å². The number of benzene rings is 1. The van der Waals surface area contributed by atoms with Crippen molar-refractivity contribution in [1.82, 2.24) is 15.5 Å². The molecule has 0 aliphatic carbocycles. The van der Waals surface area contributed by atoms with E-state index in [1.165, 1.54) is 0 Å². The Morgan fingerprint density at radius 3 is 2.62 bits per heavy atom. The SMILES string of the molecule is COc1ccccc1CNC(=O)CN1CCNCC1.Cl.Cl. The van der Waals surface area contributed by atoms with Gasteiger partial charge in [0.2, 0.25) is 5.91 Å². The normalized spacial score (nSPS) is 14.5. The Kier molecular flexibility index (Phi) is 10.2. The smallest absolute Gasteiger partial charge is 0.234 e. The number of carbonyl (C=O) groups is 1. The third kappa shape index (κ3) is 6.52. The second kappa shape index (κ2) is 10.7. The van der Waals surface area contributed by atoms with E-state index in [0.717, 1.165) is 37.5 Å². The van der Waals surface area contributed by atoms with Crippen LogP contribution in [-0.4, -0.2) is 50.6 Å². The highest BCUT2D eigenvalue weighted by molar-refractivity contribution is 5.85. The van der Waals surface area contributed by atoms with E-state index in [1.807, 2.05) is 24.3 Å². The number of carbonyl (C=O) groups excluding carboxylic acids is 1. The van der Waals surface area contributed by atoms with E-state index in [1.54, 1.807) is 7.11 Å². The van der Waals surface area contributed by atoms with E-state index < -0.39 is 0 Å². The molecule has 1 amide bonds. The van der Waals surface area contributed by atoms with Crippen LogP contribution in [0.2, 0.25) is 0 Å². The lowest BCUT2D eigenvalue weighted by Crippen LogP contribution is -2.47. The van der Waals surface area contributed by atoms with Crippen molar-refractivity contribution in [2.24, 2.45) is 0 Å². The van der Waals surface area contributed by atoms with Gasteiger partial charge in [0.1, 0.15) is 5.75 Å². The zero-order valence-electron chi connectivity index (χ0n) is 12.1. The summed E-state index contributed by atoms with van der Waals surface area (Å²) < 4.78 is 5.26. The molecular weight excluding hydrogens is 313 g/mol. The minimum atomic E-state index is 0. The molecule has 2 N–H and O–H groups in total. The molecule has 1 fully saturated rings. The highest BCUT2D eigenvalue weighted by Gasteiger charge is 2.13. The molecule has 1 aromatic carbocycles. The molecule has 0 spiro atoms. The maximum atomic E-state index is 11.9. The number of hydrogen-bond acceptors (Lipinski definition) is 4. The lowest BCUT2D eigenvalue weighted by atomic mass is 10.2. The Morgan fingerprint density at radius 2 is 1.95 bits per heavy atom. The summed E-state index contributed by atoms with van der Waals surface area (Å²) in [4.78, 5) is 14.0. The van der Waals surface area contributed by atoms with Gasteiger partial charge in [-0.2, -0.15) is 0 Å². The minimum Gasteiger partial charge on any atom is -0.496 e. The average molecular weight is 336 g/mol. The third-order valence-electron chi connectivity index (χ3n) is 3.25. The average Bonchev–Trinajstić information content (AvgIpc) is 2.46. The van der Waals surface area contributed by atoms with Gasteiger partial charge in [-0.05, 0) is 6.07 Å². The predicted molar refractivity (Wildman–Crippen MR) is 88.6 cm³/mol. The number of nitrogens with one attached hydrogen (secondary N) is 2. The molecule has 120 valence electrons. The molecule has 0 radical (unpaired) electrons. The summed E-state index contributed by atoms with van der Waals surface area (Å²) in [5.74, 6) is 0.873. The standard InChI is InChI=1S/C14H21N3O2.2ClH/c1-19-13-5-3-2-4-12(13)10-16-14(18)11-17-8-6-15-7-9-17;;/h2-5,15H,6-11H2,1H3,(H,16,18);2*1H. The summed E-state index contributed by atoms with van der Waals surface area (Å²) in [7, 11) is 1.64. The summed E-state index contributed by atoms with van der Waals surface area (Å²) in [6.07, 6.45) is 0. The number of piperazine rings is 1. The van der Waals surface area contributed by atoms with E-state index in [9.17, 15) is 4.79 Å². The van der Waals surface area contributed by atoms with Gasteiger partial charge >= 0.3 is 0 Å². The number of nitrogens with zero attached hydrogens (tertiary/aromatic N) is 1. The number of rotatable bonds is 5. The molecule has 0 unspecified atom stereocenters. The van der Waals surface area contributed by atoms with E-state index in [2.05, 4.69) is 15.5 Å². The first-order valence-electron chi connectivity index (χ1n) is 6.61. The van der Waals surface area contributed by atoms with Crippen LogP contribution in [0.25, 0.3) is 0 Å². The lowest BCUT2D eigenvalue weighted by Gasteiger charge is -2.26. The fourth-order valence-electron chi connectivity index (χ4n) is 2.17. The number of methoxy groups -OCH3 is 1. The molecule has 1 heterocycles. The number of amides is 1. The molecule has 0 saturated carbocycles. The first-order valence-corrected chi connectivity index (χ1v) is 6.61. The third-order valence-corrected chi connectivity index (χ3v) is 3.25. The van der Waals surface area contributed by atoms with E-state index in [4.69, 9.17) is 4.74 Å². The van der Waals surface area contributed by atoms with Gasteiger partial charge in [0.15, 0.2) is 0 Å². The number of para-hydroxylation sites is 1. The van der Waals surface area contributed by atoms with Gasteiger partial charge in [0, 0.05) is 38.3 Å². The van der Waals surface area contributed by atoms with Gasteiger partial charge in [0.05, 0.1) is 13.7 Å². The van der Waals surface area contributed by atoms with Crippen LogP contribution >= 0.6 is 24.8 Å². The van der Waals surface area contributed by atoms with Crippen molar-refractivity contribution in [3.05, 3.63) is 29.8 Å². The molecule has 5 nitrogen and oxygen atoms in total. The highest BCUT2D eigenvalue weighted by Crippen LogP contribution is 2.16. The molecule has 0 bridgehead atoms. The van der Waals surface area contributed by atoms with Crippen molar-refractivity contribution in [1.29, 1.82) is 0 Å². The van der Waals surface area contributed by atoms with Gasteiger partial charge in [-0.3, -0.25) is 9.69 Å². The number of ether oxygens (including phenoxy) is 1. The van der Waals surface area contributed by atoms with Gasteiger partial charge in [-0.15, -0.1) is 24.8 Å². The van der Waals surface area contributed by atoms with Gasteiger partial charge in [0.25, 0.3) is 0 Å². The van der Waals surface area contributed by atoms with Crippen LogP contribution in [0.5, 0.6) is 5.75 Å². The lowest BCUT2D eigenvalue weighted by molar-refractivity contribution is -0.122. The Morgan fingerprint density at radius 1 is 1.29 bits per heavy atom. The van der Waals surface area contributed by atoms with Crippen LogP contribution in [0, 0.1) is 0 Å². The fraction of sp³-hybridized carbons (Fsp3) is 0.500. The largest absolute Gasteiger partial charge is 0.496 e. The van der Waals surface area contributed by atoms with Gasteiger partial charge in [-0.1, -0.05) is 18.2 Å². The summed E-state index contributed by atoms with van der Waals surface area (Å²) in [6, 6.07) is 7.73. The van der Waals surface area contributed by atoms with Crippen molar-refractivity contribution in [3.8, 4) is 5.75 Å². The molecule has 1 saturated heterocycles. The van der Waals surface area contributed by atoms with E-state index >= 15 is 0 Å². The molecule has 1 aliphatic rings. The molecule has 1 aromatic rings. The summed E-state index contributed by atoms with van der Waals surface area (Å²) in [5, 5.41) is 6.21. The molecule has 7 heteroatoms. The van der Waals surface area contributed by atoms with Gasteiger partial charge in [-0.25, -0.2) is 0 Å². The monoisotopic (exact) mass is 335 g/mol. The first-order chi connectivity index (χ1) is 9.29. The molecule has 21 heavy (non-hydrogen) atoms. The van der Waals surface area contributed by atoms with Crippen LogP contribution in [0.3, 0.4) is 0 Å². The Labute approximate surface area is 138 Å². The van der Waals surface area contributed by atoms with Gasteiger partial charge < -0.3 is 15.4 Å². The highest BCUT2D eigenvalue weighted by atomic mass is 35.5. The van der Waals surface area contributed by atoms with Crippen LogP contribution in [-0.2, 0) is 11.3 Å². The zero-order chi connectivity index (χ0) is 13.5. The maximum Gasteiger partial charge on any atom is 0.234 e. The van der Waals surface area contributed by atoms with E-state index in [-0.39, 0.29) is 30.7 Å². The van der Waals surface area contributed by atoms with Crippen LogP contribution in [0.4, 0.5) is 0 Å². The number of hydrogen-bond donors (Lipinski definition) is 2. The van der Waals surface area contributed by atoms with E-state index in [0.29, 0.717) is 13.1 Å². The van der Waals surface area contributed by atoms with Crippen molar-refractivity contribution < 1.29 is 9.53 Å². The minimum absolute atomic E-state index is 0.